The van der Waals surface area contributed by atoms with Crippen LogP contribution in [-0.4, -0.2) is 42.5 Å². The highest BCUT2D eigenvalue weighted by atomic mass is 35.5. The van der Waals surface area contributed by atoms with Crippen LogP contribution in [0.2, 0.25) is 0 Å². The van der Waals surface area contributed by atoms with Gasteiger partial charge in [0.05, 0.1) is 24.6 Å². The predicted molar refractivity (Wildman–Crippen MR) is 67.7 cm³/mol. The second-order valence-electron chi connectivity index (χ2n) is 3.82. The van der Waals surface area contributed by atoms with E-state index in [0.717, 1.165) is 25.2 Å². The fraction of sp³-hybridized carbons (Fsp3) is 0.600. The third-order valence-corrected chi connectivity index (χ3v) is 2.64. The summed E-state index contributed by atoms with van der Waals surface area (Å²) in [5.74, 6) is 0. The van der Waals surface area contributed by atoms with Gasteiger partial charge in [0, 0.05) is 19.2 Å². The number of H-pyrrole nitrogens is 1. The quantitative estimate of drug-likeness (QED) is 0.783. The van der Waals surface area contributed by atoms with E-state index in [1.165, 1.54) is 0 Å². The van der Waals surface area contributed by atoms with Crippen molar-refractivity contribution in [2.45, 2.75) is 12.5 Å². The second-order valence-corrected chi connectivity index (χ2v) is 3.82. The lowest BCUT2D eigenvalue weighted by molar-refractivity contribution is 0.0368. The molecule has 2 heterocycles. The zero-order chi connectivity index (χ0) is 11.4. The summed E-state index contributed by atoms with van der Waals surface area (Å²) in [4.78, 5) is 13.2. The molecule has 7 heteroatoms. The van der Waals surface area contributed by atoms with Crippen LogP contribution in [0.1, 0.15) is 6.42 Å². The normalized spacial score (nSPS) is 19.8. The molecule has 1 atom stereocenters. The number of anilines is 1. The van der Waals surface area contributed by atoms with E-state index in [1.807, 2.05) is 0 Å². The summed E-state index contributed by atoms with van der Waals surface area (Å²) in [5.41, 5.74) is 6.16. The first-order valence-electron chi connectivity index (χ1n) is 5.41. The van der Waals surface area contributed by atoms with Gasteiger partial charge in [-0.25, -0.2) is 5.10 Å². The van der Waals surface area contributed by atoms with E-state index in [-0.39, 0.29) is 24.1 Å². The first kappa shape index (κ1) is 14.0. The van der Waals surface area contributed by atoms with Gasteiger partial charge in [-0.05, 0) is 13.0 Å². The largest absolute Gasteiger partial charge is 0.374 e. The van der Waals surface area contributed by atoms with Crippen LogP contribution in [0.5, 0.6) is 0 Å². The molecule has 0 spiro atoms. The van der Waals surface area contributed by atoms with E-state index in [2.05, 4.69) is 15.1 Å². The molecular formula is C10H17ClN4O2. The number of halogens is 1. The number of ether oxygens (including phenoxy) is 1. The van der Waals surface area contributed by atoms with Crippen molar-refractivity contribution < 1.29 is 4.74 Å². The molecule has 1 aliphatic rings. The molecular weight excluding hydrogens is 244 g/mol. The van der Waals surface area contributed by atoms with Crippen molar-refractivity contribution in [3.05, 3.63) is 22.6 Å². The van der Waals surface area contributed by atoms with Crippen molar-refractivity contribution in [1.29, 1.82) is 0 Å². The van der Waals surface area contributed by atoms with Crippen LogP contribution < -0.4 is 16.2 Å². The third kappa shape index (κ3) is 3.69. The lowest BCUT2D eigenvalue weighted by Crippen LogP contribution is -2.43. The summed E-state index contributed by atoms with van der Waals surface area (Å²) in [6.45, 7) is 2.83. The maximum atomic E-state index is 11.1. The maximum Gasteiger partial charge on any atom is 0.266 e. The zero-order valence-electron chi connectivity index (χ0n) is 9.46. The minimum Gasteiger partial charge on any atom is -0.374 e. The summed E-state index contributed by atoms with van der Waals surface area (Å²) in [5, 5.41) is 6.15. The van der Waals surface area contributed by atoms with Gasteiger partial charge in [-0.3, -0.25) is 4.79 Å². The molecule has 2 rings (SSSR count). The summed E-state index contributed by atoms with van der Waals surface area (Å²) >= 11 is 0. The van der Waals surface area contributed by atoms with Gasteiger partial charge in [0.25, 0.3) is 5.56 Å². The highest BCUT2D eigenvalue weighted by molar-refractivity contribution is 5.85. The second kappa shape index (κ2) is 6.58. The first-order valence-corrected chi connectivity index (χ1v) is 5.41. The molecule has 1 fully saturated rings. The standard InChI is InChI=1S/C10H16N4O2.ClH/c11-2-1-9-7-14(3-4-16-9)8-5-10(15)13-12-6-8;/h5-6,9H,1-4,7,11H2,(H,13,15);1H. The van der Waals surface area contributed by atoms with Gasteiger partial charge in [0.2, 0.25) is 0 Å². The fourth-order valence-corrected chi connectivity index (χ4v) is 1.85. The highest BCUT2D eigenvalue weighted by Crippen LogP contribution is 2.15. The molecule has 1 aromatic heterocycles. The molecule has 1 saturated heterocycles. The van der Waals surface area contributed by atoms with Gasteiger partial charge in [0.1, 0.15) is 0 Å². The monoisotopic (exact) mass is 260 g/mol. The summed E-state index contributed by atoms with van der Waals surface area (Å²) in [7, 11) is 0. The molecule has 0 radical (unpaired) electrons. The number of rotatable bonds is 3. The Hall–Kier alpha value is -1.11. The summed E-state index contributed by atoms with van der Waals surface area (Å²) in [6.07, 6.45) is 2.65. The number of hydrogen-bond acceptors (Lipinski definition) is 5. The number of hydrogen-bond donors (Lipinski definition) is 2. The number of aromatic nitrogens is 2. The Morgan fingerprint density at radius 1 is 1.65 bits per heavy atom. The predicted octanol–water partition coefficient (Wildman–Crippen LogP) is -0.254. The van der Waals surface area contributed by atoms with Crippen LogP contribution in [0, 0.1) is 0 Å². The van der Waals surface area contributed by atoms with E-state index >= 15 is 0 Å². The maximum absolute atomic E-state index is 11.1. The molecule has 3 N–H and O–H groups in total. The van der Waals surface area contributed by atoms with E-state index in [0.29, 0.717) is 13.2 Å². The zero-order valence-corrected chi connectivity index (χ0v) is 10.3. The average Bonchev–Trinajstić information content (AvgIpc) is 2.30. The molecule has 0 amide bonds. The number of morpholine rings is 1. The van der Waals surface area contributed by atoms with Gasteiger partial charge in [-0.1, -0.05) is 0 Å². The van der Waals surface area contributed by atoms with E-state index in [1.54, 1.807) is 12.3 Å². The Kier molecular flexibility index (Phi) is 5.40. The molecule has 0 aliphatic carbocycles. The third-order valence-electron chi connectivity index (χ3n) is 2.64. The topological polar surface area (TPSA) is 84.2 Å². The van der Waals surface area contributed by atoms with Gasteiger partial charge < -0.3 is 15.4 Å². The first-order chi connectivity index (χ1) is 7.79. The Morgan fingerprint density at radius 2 is 2.47 bits per heavy atom. The van der Waals surface area contributed by atoms with E-state index < -0.39 is 0 Å². The lowest BCUT2D eigenvalue weighted by Gasteiger charge is -2.34. The van der Waals surface area contributed by atoms with Crippen LogP contribution in [0.25, 0.3) is 0 Å². The minimum atomic E-state index is -0.181. The number of nitrogens with one attached hydrogen (secondary N) is 1. The fourth-order valence-electron chi connectivity index (χ4n) is 1.85. The van der Waals surface area contributed by atoms with Crippen molar-refractivity contribution in [3.63, 3.8) is 0 Å². The van der Waals surface area contributed by atoms with Crippen LogP contribution >= 0.6 is 12.4 Å². The van der Waals surface area contributed by atoms with Crippen LogP contribution in [0.15, 0.2) is 17.1 Å². The van der Waals surface area contributed by atoms with Gasteiger partial charge in [0.15, 0.2) is 0 Å². The van der Waals surface area contributed by atoms with Gasteiger partial charge in [-0.2, -0.15) is 5.10 Å². The lowest BCUT2D eigenvalue weighted by atomic mass is 10.2. The van der Waals surface area contributed by atoms with Gasteiger partial charge >= 0.3 is 0 Å². The number of aromatic amines is 1. The smallest absolute Gasteiger partial charge is 0.266 e. The summed E-state index contributed by atoms with van der Waals surface area (Å²) in [6, 6.07) is 1.55. The van der Waals surface area contributed by atoms with Gasteiger partial charge in [-0.15, -0.1) is 12.4 Å². The minimum absolute atomic E-state index is 0. The van der Waals surface area contributed by atoms with Crippen LogP contribution in [0.3, 0.4) is 0 Å². The molecule has 1 unspecified atom stereocenters. The van der Waals surface area contributed by atoms with E-state index in [9.17, 15) is 4.79 Å². The Balaban J connectivity index is 0.00000144. The molecule has 0 saturated carbocycles. The number of nitrogens with zero attached hydrogens (tertiary/aromatic N) is 2. The number of nitrogens with two attached hydrogens (primary N) is 1. The molecule has 1 aromatic rings. The molecule has 17 heavy (non-hydrogen) atoms. The Labute approximate surface area is 106 Å². The molecule has 96 valence electrons. The van der Waals surface area contributed by atoms with Crippen molar-refractivity contribution in [2.75, 3.05) is 31.1 Å². The summed E-state index contributed by atoms with van der Waals surface area (Å²) < 4.78 is 5.57. The Bertz CT molecular complexity index is 396. The van der Waals surface area contributed by atoms with Crippen LogP contribution in [0.4, 0.5) is 5.69 Å². The van der Waals surface area contributed by atoms with Crippen LogP contribution in [-0.2, 0) is 4.74 Å². The van der Waals surface area contributed by atoms with Crippen molar-refractivity contribution >= 4 is 18.1 Å². The molecule has 0 aromatic carbocycles. The van der Waals surface area contributed by atoms with Crippen molar-refractivity contribution in [2.24, 2.45) is 5.73 Å². The molecule has 6 nitrogen and oxygen atoms in total. The Morgan fingerprint density at radius 3 is 3.18 bits per heavy atom. The molecule has 1 aliphatic heterocycles. The SMILES string of the molecule is Cl.NCCC1CN(c2cn[nH]c(=O)c2)CCO1. The average molecular weight is 261 g/mol. The van der Waals surface area contributed by atoms with E-state index in [4.69, 9.17) is 10.5 Å². The van der Waals surface area contributed by atoms with Crippen molar-refractivity contribution in [3.8, 4) is 0 Å². The highest BCUT2D eigenvalue weighted by Gasteiger charge is 2.20. The molecule has 0 bridgehead atoms. The van der Waals surface area contributed by atoms with Crippen molar-refractivity contribution in [1.82, 2.24) is 10.2 Å².